The Morgan fingerprint density at radius 3 is 2.53 bits per heavy atom. The molecule has 1 amide bonds. The Balaban J connectivity index is 1.50. The number of ether oxygens (including phenoxy) is 2. The first kappa shape index (κ1) is 21.9. The normalized spacial score (nSPS) is 18.7. The smallest absolute Gasteiger partial charge is 0.308 e. The van der Waals surface area contributed by atoms with Crippen LogP contribution in [0.5, 0.6) is 5.75 Å². The van der Waals surface area contributed by atoms with Crippen molar-refractivity contribution in [3.05, 3.63) is 47.9 Å². The SMILES string of the molecule is CCOC(=O)[C@H]1CC[C@@H](NC(=O)c2ccc(COc3ccc(S(C)(=O)=O)cc3)o2)C1. The summed E-state index contributed by atoms with van der Waals surface area (Å²) in [7, 11) is -3.26. The molecule has 162 valence electrons. The predicted molar refractivity (Wildman–Crippen MR) is 108 cm³/mol. The number of furan rings is 1. The van der Waals surface area contributed by atoms with Crippen molar-refractivity contribution in [2.45, 2.75) is 43.7 Å². The van der Waals surface area contributed by atoms with Crippen molar-refractivity contribution < 1.29 is 31.9 Å². The van der Waals surface area contributed by atoms with Gasteiger partial charge in [0.1, 0.15) is 18.1 Å². The van der Waals surface area contributed by atoms with Gasteiger partial charge in [-0.3, -0.25) is 9.59 Å². The standard InChI is InChI=1S/C21H25NO7S/c1-3-27-21(24)14-4-5-15(12-14)22-20(23)19-11-8-17(29-19)13-28-16-6-9-18(10-7-16)30(2,25)26/h6-11,14-15H,3-5,12-13H2,1-2H3,(H,22,23)/t14-,15+/m0/s1. The van der Waals surface area contributed by atoms with E-state index in [4.69, 9.17) is 13.9 Å². The highest BCUT2D eigenvalue weighted by Gasteiger charge is 2.32. The maximum Gasteiger partial charge on any atom is 0.308 e. The van der Waals surface area contributed by atoms with Gasteiger partial charge >= 0.3 is 5.97 Å². The summed E-state index contributed by atoms with van der Waals surface area (Å²) in [5.41, 5.74) is 0. The minimum Gasteiger partial charge on any atom is -0.486 e. The molecule has 0 saturated heterocycles. The van der Waals surface area contributed by atoms with E-state index in [2.05, 4.69) is 5.32 Å². The van der Waals surface area contributed by atoms with E-state index >= 15 is 0 Å². The molecule has 1 aromatic carbocycles. The van der Waals surface area contributed by atoms with Gasteiger partial charge in [0.25, 0.3) is 5.91 Å². The Labute approximate surface area is 175 Å². The van der Waals surface area contributed by atoms with Crippen molar-refractivity contribution >= 4 is 21.7 Å². The topological polar surface area (TPSA) is 112 Å². The molecule has 8 nitrogen and oxygen atoms in total. The Morgan fingerprint density at radius 2 is 1.87 bits per heavy atom. The molecular weight excluding hydrogens is 410 g/mol. The van der Waals surface area contributed by atoms with Crippen molar-refractivity contribution in [3.8, 4) is 5.75 Å². The molecule has 0 aliphatic heterocycles. The fourth-order valence-electron chi connectivity index (χ4n) is 3.36. The van der Waals surface area contributed by atoms with Gasteiger partial charge in [0.2, 0.25) is 0 Å². The minimum absolute atomic E-state index is 0.0925. The molecule has 0 spiro atoms. The average molecular weight is 435 g/mol. The first-order valence-corrected chi connectivity index (χ1v) is 11.6. The van der Waals surface area contributed by atoms with E-state index in [0.29, 0.717) is 31.0 Å². The number of hydrogen-bond donors (Lipinski definition) is 1. The molecule has 1 fully saturated rings. The summed E-state index contributed by atoms with van der Waals surface area (Å²) in [5, 5.41) is 2.89. The van der Waals surface area contributed by atoms with E-state index in [9.17, 15) is 18.0 Å². The third-order valence-corrected chi connectivity index (χ3v) is 6.03. The number of sulfone groups is 1. The monoisotopic (exact) mass is 435 g/mol. The zero-order valence-corrected chi connectivity index (χ0v) is 17.7. The summed E-state index contributed by atoms with van der Waals surface area (Å²) in [6.07, 6.45) is 3.11. The molecule has 1 aliphatic rings. The summed E-state index contributed by atoms with van der Waals surface area (Å²) in [4.78, 5) is 24.4. The molecule has 2 atom stereocenters. The summed E-state index contributed by atoms with van der Waals surface area (Å²) in [6.45, 7) is 2.22. The highest BCUT2D eigenvalue weighted by molar-refractivity contribution is 7.90. The van der Waals surface area contributed by atoms with Gasteiger partial charge in [0, 0.05) is 12.3 Å². The van der Waals surface area contributed by atoms with Crippen LogP contribution in [0.15, 0.2) is 45.7 Å². The van der Waals surface area contributed by atoms with E-state index in [1.54, 1.807) is 31.2 Å². The molecule has 1 N–H and O–H groups in total. The highest BCUT2D eigenvalue weighted by Crippen LogP contribution is 2.27. The van der Waals surface area contributed by atoms with Gasteiger partial charge in [-0.15, -0.1) is 0 Å². The van der Waals surface area contributed by atoms with Crippen LogP contribution in [0, 0.1) is 5.92 Å². The molecule has 2 aromatic rings. The average Bonchev–Trinajstić information content (AvgIpc) is 3.36. The quantitative estimate of drug-likeness (QED) is 0.635. The Bertz CT molecular complexity index is 995. The van der Waals surface area contributed by atoms with E-state index in [0.717, 1.165) is 12.7 Å². The minimum atomic E-state index is -3.26. The number of nitrogens with one attached hydrogen (secondary N) is 1. The first-order valence-electron chi connectivity index (χ1n) is 9.75. The zero-order valence-electron chi connectivity index (χ0n) is 16.9. The molecule has 1 aromatic heterocycles. The number of esters is 1. The Hall–Kier alpha value is -2.81. The van der Waals surface area contributed by atoms with E-state index in [1.165, 1.54) is 12.1 Å². The van der Waals surface area contributed by atoms with Crippen molar-refractivity contribution in [1.29, 1.82) is 0 Å². The number of carbonyl (C=O) groups is 2. The van der Waals surface area contributed by atoms with Crippen molar-refractivity contribution in [3.63, 3.8) is 0 Å². The van der Waals surface area contributed by atoms with Crippen LogP contribution in [0.1, 0.15) is 42.5 Å². The maximum atomic E-state index is 12.4. The largest absolute Gasteiger partial charge is 0.486 e. The van der Waals surface area contributed by atoms with E-state index in [-0.39, 0.29) is 41.1 Å². The van der Waals surface area contributed by atoms with Gasteiger partial charge in [-0.1, -0.05) is 0 Å². The summed E-state index contributed by atoms with van der Waals surface area (Å²) in [6, 6.07) is 9.19. The van der Waals surface area contributed by atoms with Crippen LogP contribution < -0.4 is 10.1 Å². The number of carbonyl (C=O) groups excluding carboxylic acids is 2. The molecule has 1 saturated carbocycles. The summed E-state index contributed by atoms with van der Waals surface area (Å²) >= 11 is 0. The van der Waals surface area contributed by atoms with Gasteiger partial charge in [0.05, 0.1) is 17.4 Å². The Kier molecular flexibility index (Phi) is 6.81. The molecule has 0 bridgehead atoms. The number of amides is 1. The second kappa shape index (κ2) is 9.34. The van der Waals surface area contributed by atoms with Crippen LogP contribution in [0.2, 0.25) is 0 Å². The van der Waals surface area contributed by atoms with Gasteiger partial charge in [-0.05, 0) is 62.6 Å². The van der Waals surface area contributed by atoms with Gasteiger partial charge in [-0.2, -0.15) is 0 Å². The van der Waals surface area contributed by atoms with Gasteiger partial charge in [-0.25, -0.2) is 8.42 Å². The van der Waals surface area contributed by atoms with Crippen LogP contribution in [-0.2, 0) is 26.0 Å². The third-order valence-electron chi connectivity index (χ3n) is 4.91. The van der Waals surface area contributed by atoms with Crippen LogP contribution in [0.4, 0.5) is 0 Å². The molecule has 0 radical (unpaired) electrons. The number of hydrogen-bond acceptors (Lipinski definition) is 7. The van der Waals surface area contributed by atoms with Crippen LogP contribution in [-0.4, -0.2) is 39.2 Å². The lowest BCUT2D eigenvalue weighted by atomic mass is 10.1. The third kappa shape index (κ3) is 5.63. The van der Waals surface area contributed by atoms with Crippen LogP contribution >= 0.6 is 0 Å². The summed E-state index contributed by atoms with van der Waals surface area (Å²) < 4.78 is 39.1. The molecular formula is C21H25NO7S. The Morgan fingerprint density at radius 1 is 1.13 bits per heavy atom. The van der Waals surface area contributed by atoms with Gasteiger partial charge < -0.3 is 19.2 Å². The molecule has 30 heavy (non-hydrogen) atoms. The van der Waals surface area contributed by atoms with Crippen LogP contribution in [0.25, 0.3) is 0 Å². The van der Waals surface area contributed by atoms with Crippen molar-refractivity contribution in [1.82, 2.24) is 5.32 Å². The van der Waals surface area contributed by atoms with Crippen molar-refractivity contribution in [2.24, 2.45) is 5.92 Å². The lowest BCUT2D eigenvalue weighted by Crippen LogP contribution is -2.33. The molecule has 1 aliphatic carbocycles. The highest BCUT2D eigenvalue weighted by atomic mass is 32.2. The number of benzene rings is 1. The first-order chi connectivity index (χ1) is 14.3. The number of rotatable bonds is 8. The van der Waals surface area contributed by atoms with Crippen molar-refractivity contribution in [2.75, 3.05) is 12.9 Å². The molecule has 1 heterocycles. The lowest BCUT2D eigenvalue weighted by Gasteiger charge is -2.12. The van der Waals surface area contributed by atoms with Gasteiger partial charge in [0.15, 0.2) is 15.6 Å². The van der Waals surface area contributed by atoms with E-state index < -0.39 is 9.84 Å². The second-order valence-corrected chi connectivity index (χ2v) is 9.25. The molecule has 0 unspecified atom stereocenters. The zero-order chi connectivity index (χ0) is 21.7. The van der Waals surface area contributed by atoms with E-state index in [1.807, 2.05) is 0 Å². The fourth-order valence-corrected chi connectivity index (χ4v) is 3.99. The maximum absolute atomic E-state index is 12.4. The predicted octanol–water partition coefficient (Wildman–Crippen LogP) is 2.72. The summed E-state index contributed by atoms with van der Waals surface area (Å²) in [5.74, 6) is 0.388. The fraction of sp³-hybridized carbons (Fsp3) is 0.429. The lowest BCUT2D eigenvalue weighted by molar-refractivity contribution is -0.147. The second-order valence-electron chi connectivity index (χ2n) is 7.23. The molecule has 3 rings (SSSR count). The molecule has 9 heteroatoms. The van der Waals surface area contributed by atoms with Crippen LogP contribution in [0.3, 0.4) is 0 Å².